The van der Waals surface area contributed by atoms with Gasteiger partial charge in [0.1, 0.15) is 0 Å². The molecule has 0 atom stereocenters. The van der Waals surface area contributed by atoms with Gasteiger partial charge >= 0.3 is 6.43 Å². The van der Waals surface area contributed by atoms with Gasteiger partial charge in [0.15, 0.2) is 0 Å². The van der Waals surface area contributed by atoms with E-state index in [2.05, 4.69) is 4.98 Å². The predicted octanol–water partition coefficient (Wildman–Crippen LogP) is 1.68. The van der Waals surface area contributed by atoms with Crippen LogP contribution in [0.25, 0.3) is 0 Å². The summed E-state index contributed by atoms with van der Waals surface area (Å²) in [7, 11) is 0. The normalized spacial score (nSPS) is 10.1. The summed E-state index contributed by atoms with van der Waals surface area (Å²) in [6.45, 7) is 2.27. The highest BCUT2D eigenvalue weighted by Gasteiger charge is 2.14. The van der Waals surface area contributed by atoms with E-state index in [1.165, 1.54) is 18.3 Å². The van der Waals surface area contributed by atoms with Gasteiger partial charge in [0, 0.05) is 6.07 Å². The zero-order valence-corrected chi connectivity index (χ0v) is 8.04. The van der Waals surface area contributed by atoms with E-state index in [9.17, 15) is 13.6 Å². The van der Waals surface area contributed by atoms with Crippen LogP contribution < -0.4 is 10.1 Å². The quantitative estimate of drug-likeness (QED) is 0.833. The predicted molar refractivity (Wildman–Crippen MR) is 50.0 cm³/mol. The summed E-state index contributed by atoms with van der Waals surface area (Å²) in [5.74, 6) is -0.964. The molecule has 82 valence electrons. The molecule has 0 aliphatic heterocycles. The van der Waals surface area contributed by atoms with Crippen molar-refractivity contribution in [3.05, 3.63) is 18.3 Å². The minimum atomic E-state index is -3.03. The van der Waals surface area contributed by atoms with E-state index >= 15 is 0 Å². The number of nitrogens with zero attached hydrogens (tertiary/aromatic N) is 1. The van der Waals surface area contributed by atoms with Gasteiger partial charge in [-0.3, -0.25) is 4.79 Å². The molecule has 0 unspecified atom stereocenters. The third-order valence-corrected chi connectivity index (χ3v) is 1.49. The lowest BCUT2D eigenvalue weighted by Crippen LogP contribution is -2.20. The van der Waals surface area contributed by atoms with Crippen molar-refractivity contribution in [2.24, 2.45) is 0 Å². The van der Waals surface area contributed by atoms with Crippen LogP contribution in [0.2, 0.25) is 0 Å². The summed E-state index contributed by atoms with van der Waals surface area (Å²) < 4.78 is 28.8. The van der Waals surface area contributed by atoms with Crippen LogP contribution in [0.15, 0.2) is 18.3 Å². The highest BCUT2D eigenvalue weighted by Crippen LogP contribution is 2.12. The van der Waals surface area contributed by atoms with Crippen LogP contribution in [0.5, 0.6) is 5.88 Å². The van der Waals surface area contributed by atoms with Gasteiger partial charge in [0.25, 0.3) is 5.91 Å². The van der Waals surface area contributed by atoms with Crippen LogP contribution in [-0.2, 0) is 4.79 Å². The summed E-state index contributed by atoms with van der Waals surface area (Å²) in [5.41, 5.74) is 0.212. The first-order chi connectivity index (χ1) is 7.13. The molecule has 0 aliphatic rings. The van der Waals surface area contributed by atoms with E-state index in [0.29, 0.717) is 12.5 Å². The highest BCUT2D eigenvalue weighted by atomic mass is 19.3. The van der Waals surface area contributed by atoms with Crippen molar-refractivity contribution in [1.82, 2.24) is 4.98 Å². The van der Waals surface area contributed by atoms with Gasteiger partial charge in [-0.15, -0.1) is 0 Å². The van der Waals surface area contributed by atoms with E-state index < -0.39 is 12.3 Å². The average Bonchev–Trinajstić information content (AvgIpc) is 2.21. The lowest BCUT2D eigenvalue weighted by atomic mass is 10.4. The van der Waals surface area contributed by atoms with E-state index in [-0.39, 0.29) is 5.69 Å². The Balaban J connectivity index is 2.60. The van der Waals surface area contributed by atoms with Crippen molar-refractivity contribution in [2.45, 2.75) is 13.3 Å². The Hall–Kier alpha value is -1.72. The lowest BCUT2D eigenvalue weighted by molar-refractivity contribution is -0.126. The van der Waals surface area contributed by atoms with Crippen LogP contribution in [0.4, 0.5) is 14.5 Å². The van der Waals surface area contributed by atoms with Gasteiger partial charge in [0.2, 0.25) is 5.88 Å². The van der Waals surface area contributed by atoms with E-state index in [1.54, 1.807) is 6.92 Å². The Bertz CT molecular complexity index is 327. The Labute approximate surface area is 85.3 Å². The van der Waals surface area contributed by atoms with Gasteiger partial charge < -0.3 is 10.1 Å². The van der Waals surface area contributed by atoms with Crippen LogP contribution in [0, 0.1) is 0 Å². The fourth-order valence-electron chi connectivity index (χ4n) is 0.884. The first kappa shape index (κ1) is 11.4. The molecule has 0 aromatic carbocycles. The first-order valence-corrected chi connectivity index (χ1v) is 4.31. The molecule has 1 N–H and O–H groups in total. The number of nitrogens with one attached hydrogen (secondary N) is 1. The van der Waals surface area contributed by atoms with Crippen LogP contribution in [0.1, 0.15) is 6.92 Å². The number of rotatable bonds is 4. The summed E-state index contributed by atoms with van der Waals surface area (Å²) in [6.07, 6.45) is -1.78. The number of amides is 1. The molecule has 1 aromatic heterocycles. The summed E-state index contributed by atoms with van der Waals surface area (Å²) in [5, 5.41) is 2.00. The molecule has 4 nitrogen and oxygen atoms in total. The van der Waals surface area contributed by atoms with Crippen molar-refractivity contribution >= 4 is 11.6 Å². The molecular weight excluding hydrogens is 206 g/mol. The molecule has 0 aliphatic carbocycles. The molecule has 1 heterocycles. The molecular formula is C9H10F2N2O2. The number of halogens is 2. The minimum Gasteiger partial charge on any atom is -0.478 e. The molecule has 1 amide bonds. The number of ether oxygens (including phenoxy) is 1. The summed E-state index contributed by atoms with van der Waals surface area (Å²) in [4.78, 5) is 14.4. The van der Waals surface area contributed by atoms with Gasteiger partial charge in [-0.1, -0.05) is 0 Å². The topological polar surface area (TPSA) is 51.2 Å². The second-order valence-corrected chi connectivity index (χ2v) is 2.61. The molecule has 15 heavy (non-hydrogen) atoms. The van der Waals surface area contributed by atoms with Crippen LogP contribution in [-0.4, -0.2) is 23.9 Å². The Morgan fingerprint density at radius 1 is 1.60 bits per heavy atom. The Kier molecular flexibility index (Phi) is 3.96. The zero-order valence-electron chi connectivity index (χ0n) is 8.04. The number of aromatic nitrogens is 1. The van der Waals surface area contributed by atoms with Crippen molar-refractivity contribution in [2.75, 3.05) is 11.9 Å². The summed E-state index contributed by atoms with van der Waals surface area (Å²) >= 11 is 0. The Morgan fingerprint density at radius 3 is 2.80 bits per heavy atom. The molecule has 1 rings (SSSR count). The van der Waals surface area contributed by atoms with Gasteiger partial charge in [0.05, 0.1) is 18.5 Å². The van der Waals surface area contributed by atoms with Gasteiger partial charge in [-0.25, -0.2) is 4.98 Å². The molecule has 0 radical (unpaired) electrons. The maximum atomic E-state index is 11.9. The molecule has 0 bridgehead atoms. The Morgan fingerprint density at radius 2 is 2.33 bits per heavy atom. The average molecular weight is 216 g/mol. The van der Waals surface area contributed by atoms with Gasteiger partial charge in [-0.05, 0) is 13.0 Å². The fourth-order valence-corrected chi connectivity index (χ4v) is 0.884. The van der Waals surface area contributed by atoms with Crippen LogP contribution in [0.3, 0.4) is 0 Å². The number of carbonyl (C=O) groups is 1. The number of hydrogen-bond acceptors (Lipinski definition) is 3. The van der Waals surface area contributed by atoms with Crippen LogP contribution >= 0.6 is 0 Å². The molecule has 0 spiro atoms. The molecule has 0 saturated heterocycles. The third kappa shape index (κ3) is 3.49. The maximum Gasteiger partial charge on any atom is 0.315 e. The van der Waals surface area contributed by atoms with E-state index in [1.807, 2.05) is 5.32 Å². The molecule has 0 saturated carbocycles. The number of pyridine rings is 1. The lowest BCUT2D eigenvalue weighted by Gasteiger charge is -2.05. The van der Waals surface area contributed by atoms with Crippen molar-refractivity contribution < 1.29 is 18.3 Å². The van der Waals surface area contributed by atoms with E-state index in [0.717, 1.165) is 0 Å². The number of carbonyl (C=O) groups excluding carboxylic acids is 1. The molecule has 6 heteroatoms. The molecule has 0 fully saturated rings. The number of alkyl halides is 2. The zero-order chi connectivity index (χ0) is 11.3. The second kappa shape index (κ2) is 5.23. The van der Waals surface area contributed by atoms with Crippen molar-refractivity contribution in [3.63, 3.8) is 0 Å². The first-order valence-electron chi connectivity index (χ1n) is 4.31. The minimum absolute atomic E-state index is 0.212. The smallest absolute Gasteiger partial charge is 0.315 e. The summed E-state index contributed by atoms with van der Waals surface area (Å²) in [6, 6.07) is 2.93. The van der Waals surface area contributed by atoms with Gasteiger partial charge in [-0.2, -0.15) is 8.78 Å². The van der Waals surface area contributed by atoms with E-state index in [4.69, 9.17) is 4.74 Å². The number of hydrogen-bond donors (Lipinski definition) is 1. The monoisotopic (exact) mass is 216 g/mol. The largest absolute Gasteiger partial charge is 0.478 e. The highest BCUT2D eigenvalue weighted by molar-refractivity contribution is 5.92. The number of anilines is 1. The fraction of sp³-hybridized carbons (Fsp3) is 0.333. The maximum absolute atomic E-state index is 11.9. The standard InChI is InChI=1S/C9H10F2N2O2/c1-2-15-7-4-3-6(5-12-7)13-9(14)8(10)11/h3-5,8H,2H2,1H3,(H,13,14). The molecule has 1 aromatic rings. The third-order valence-electron chi connectivity index (χ3n) is 1.49. The van der Waals surface area contributed by atoms with Crippen molar-refractivity contribution in [1.29, 1.82) is 0 Å². The SMILES string of the molecule is CCOc1ccc(NC(=O)C(F)F)cn1. The van der Waals surface area contributed by atoms with Crippen molar-refractivity contribution in [3.8, 4) is 5.88 Å². The second-order valence-electron chi connectivity index (χ2n) is 2.61.